The average molecular weight is 396 g/mol. The van der Waals surface area contributed by atoms with E-state index in [-0.39, 0.29) is 10.7 Å². The molecule has 2 rings (SSSR count). The first-order chi connectivity index (χ1) is 12.7. The Balaban J connectivity index is 1.78. The van der Waals surface area contributed by atoms with E-state index in [1.165, 1.54) is 12.1 Å². The first-order valence-electron chi connectivity index (χ1n) is 8.75. The Morgan fingerprint density at radius 2 is 1.89 bits per heavy atom. The lowest BCUT2D eigenvalue weighted by Gasteiger charge is -2.20. The minimum absolute atomic E-state index is 0.0635. The molecule has 1 saturated carbocycles. The van der Waals surface area contributed by atoms with Crippen molar-refractivity contribution in [3.8, 4) is 0 Å². The Morgan fingerprint density at radius 1 is 1.15 bits per heavy atom. The second-order valence-corrected chi connectivity index (χ2v) is 8.30. The van der Waals surface area contributed by atoms with Gasteiger partial charge in [-0.2, -0.15) is 0 Å². The lowest BCUT2D eigenvalue weighted by atomic mass is 9.96. The van der Waals surface area contributed by atoms with Crippen LogP contribution < -0.4 is 10.0 Å². The van der Waals surface area contributed by atoms with Crippen molar-refractivity contribution in [1.82, 2.24) is 10.0 Å². The summed E-state index contributed by atoms with van der Waals surface area (Å²) >= 11 is 0. The van der Waals surface area contributed by atoms with E-state index < -0.39 is 41.1 Å². The highest BCUT2D eigenvalue weighted by Gasteiger charge is 2.25. The molecule has 0 aliphatic heterocycles. The van der Waals surface area contributed by atoms with Gasteiger partial charge in [0.2, 0.25) is 15.9 Å². The molecule has 1 aromatic rings. The highest BCUT2D eigenvalue weighted by atomic mass is 32.2. The molecule has 0 radical (unpaired) electrons. The van der Waals surface area contributed by atoms with E-state index in [0.717, 1.165) is 24.0 Å². The molecule has 0 saturated heterocycles. The van der Waals surface area contributed by atoms with Crippen LogP contribution in [0.15, 0.2) is 23.1 Å². The molecule has 0 heterocycles. The number of Topliss-reactive ketones (excluding diaryl/α,β-unsaturated/α-hetero) is 1. The summed E-state index contributed by atoms with van der Waals surface area (Å²) in [5, 5.41) is 2.28. The van der Waals surface area contributed by atoms with Gasteiger partial charge in [0, 0.05) is 6.42 Å². The van der Waals surface area contributed by atoms with Gasteiger partial charge in [0.1, 0.15) is 6.54 Å². The van der Waals surface area contributed by atoms with Gasteiger partial charge < -0.3 is 10.1 Å². The number of esters is 1. The van der Waals surface area contributed by atoms with E-state index in [1.54, 1.807) is 13.0 Å². The number of carbonyl (C=O) groups excluding carboxylic acids is 3. The standard InChI is InChI=1S/C18H24N2O6S/c1-12-7-8-14(9-13(12)2)27(24,25)20-10-17(22)19-11-18(23)26-16-6-4-3-5-15(16)21/h7-9,16,20H,3-6,10-11H2,1-2H3,(H,19,22)/t16-/m1/s1. The predicted molar refractivity (Wildman–Crippen MR) is 97.5 cm³/mol. The number of hydrogen-bond acceptors (Lipinski definition) is 6. The summed E-state index contributed by atoms with van der Waals surface area (Å²) in [5.41, 5.74) is 1.78. The fraction of sp³-hybridized carbons (Fsp3) is 0.500. The van der Waals surface area contributed by atoms with Crippen molar-refractivity contribution in [3.63, 3.8) is 0 Å². The van der Waals surface area contributed by atoms with Crippen molar-refractivity contribution >= 4 is 27.7 Å². The third kappa shape index (κ3) is 6.14. The van der Waals surface area contributed by atoms with Crippen molar-refractivity contribution in [3.05, 3.63) is 29.3 Å². The molecule has 2 N–H and O–H groups in total. The van der Waals surface area contributed by atoms with E-state index in [2.05, 4.69) is 10.0 Å². The van der Waals surface area contributed by atoms with Crippen LogP contribution in [0, 0.1) is 13.8 Å². The van der Waals surface area contributed by atoms with E-state index in [4.69, 9.17) is 4.74 Å². The van der Waals surface area contributed by atoms with Crippen molar-refractivity contribution in [2.45, 2.75) is 50.5 Å². The van der Waals surface area contributed by atoms with Gasteiger partial charge in [-0.3, -0.25) is 14.4 Å². The minimum Gasteiger partial charge on any atom is -0.453 e. The van der Waals surface area contributed by atoms with Crippen LogP contribution in [-0.4, -0.2) is 45.3 Å². The first-order valence-corrected chi connectivity index (χ1v) is 10.2. The van der Waals surface area contributed by atoms with Crippen molar-refractivity contribution in [1.29, 1.82) is 0 Å². The monoisotopic (exact) mass is 396 g/mol. The molecule has 1 aromatic carbocycles. The zero-order valence-electron chi connectivity index (χ0n) is 15.4. The molecule has 0 unspecified atom stereocenters. The van der Waals surface area contributed by atoms with E-state index in [9.17, 15) is 22.8 Å². The highest BCUT2D eigenvalue weighted by molar-refractivity contribution is 7.89. The Bertz CT molecular complexity index is 834. The van der Waals surface area contributed by atoms with Crippen LogP contribution in [0.5, 0.6) is 0 Å². The van der Waals surface area contributed by atoms with Gasteiger partial charge in [-0.15, -0.1) is 0 Å². The van der Waals surface area contributed by atoms with E-state index >= 15 is 0 Å². The maximum Gasteiger partial charge on any atom is 0.326 e. The largest absolute Gasteiger partial charge is 0.453 e. The van der Waals surface area contributed by atoms with Crippen LogP contribution in [0.3, 0.4) is 0 Å². The molecule has 1 amide bonds. The number of aryl methyl sites for hydroxylation is 2. The van der Waals surface area contributed by atoms with Crippen LogP contribution >= 0.6 is 0 Å². The van der Waals surface area contributed by atoms with Gasteiger partial charge in [-0.05, 0) is 56.4 Å². The maximum absolute atomic E-state index is 12.2. The highest BCUT2D eigenvalue weighted by Crippen LogP contribution is 2.17. The third-order valence-corrected chi connectivity index (χ3v) is 5.81. The average Bonchev–Trinajstić information content (AvgIpc) is 2.62. The number of ether oxygens (including phenoxy) is 1. The predicted octanol–water partition coefficient (Wildman–Crippen LogP) is 0.753. The molecule has 1 atom stereocenters. The maximum atomic E-state index is 12.2. The smallest absolute Gasteiger partial charge is 0.326 e. The zero-order chi connectivity index (χ0) is 20.0. The topological polar surface area (TPSA) is 119 Å². The van der Waals surface area contributed by atoms with Crippen molar-refractivity contribution < 1.29 is 27.5 Å². The number of carbonyl (C=O) groups is 3. The molecule has 8 nitrogen and oxygen atoms in total. The molecule has 1 fully saturated rings. The van der Waals surface area contributed by atoms with Gasteiger partial charge in [0.15, 0.2) is 11.9 Å². The molecule has 0 bridgehead atoms. The molecule has 0 spiro atoms. The number of benzene rings is 1. The summed E-state index contributed by atoms with van der Waals surface area (Å²) < 4.78 is 31.7. The molecule has 148 valence electrons. The SMILES string of the molecule is Cc1ccc(S(=O)(=O)NCC(=O)NCC(=O)O[C@@H]2CCCCC2=O)cc1C. The van der Waals surface area contributed by atoms with E-state index in [1.807, 2.05) is 6.92 Å². The summed E-state index contributed by atoms with van der Waals surface area (Å²) in [4.78, 5) is 35.2. The second-order valence-electron chi connectivity index (χ2n) is 6.54. The number of amides is 1. The van der Waals surface area contributed by atoms with Crippen LogP contribution in [-0.2, 0) is 29.1 Å². The molecule has 27 heavy (non-hydrogen) atoms. The van der Waals surface area contributed by atoms with Crippen LogP contribution in [0.1, 0.15) is 36.8 Å². The normalized spacial score (nSPS) is 17.4. The number of ketones is 1. The third-order valence-electron chi connectivity index (χ3n) is 4.41. The van der Waals surface area contributed by atoms with Crippen LogP contribution in [0.2, 0.25) is 0 Å². The number of sulfonamides is 1. The van der Waals surface area contributed by atoms with Crippen LogP contribution in [0.25, 0.3) is 0 Å². The van der Waals surface area contributed by atoms with Gasteiger partial charge in [0.05, 0.1) is 11.4 Å². The lowest BCUT2D eigenvalue weighted by Crippen LogP contribution is -2.40. The molecule has 0 aromatic heterocycles. The fourth-order valence-corrected chi connectivity index (χ4v) is 3.70. The number of rotatable bonds is 7. The Morgan fingerprint density at radius 3 is 2.56 bits per heavy atom. The first kappa shape index (κ1) is 21.0. The van der Waals surface area contributed by atoms with Crippen LogP contribution in [0.4, 0.5) is 0 Å². The summed E-state index contributed by atoms with van der Waals surface area (Å²) in [6, 6.07) is 4.67. The van der Waals surface area contributed by atoms with Gasteiger partial charge in [-0.1, -0.05) is 6.07 Å². The Hall–Kier alpha value is -2.26. The van der Waals surface area contributed by atoms with Crippen molar-refractivity contribution in [2.24, 2.45) is 0 Å². The Kier molecular flexibility index (Phi) is 7.09. The molecular formula is C18H24N2O6S. The second kappa shape index (κ2) is 9.09. The summed E-state index contributed by atoms with van der Waals surface area (Å²) in [6.45, 7) is 2.73. The number of hydrogen-bond donors (Lipinski definition) is 2. The lowest BCUT2D eigenvalue weighted by molar-refractivity contribution is -0.156. The van der Waals surface area contributed by atoms with Gasteiger partial charge in [0.25, 0.3) is 0 Å². The molecule has 1 aliphatic carbocycles. The van der Waals surface area contributed by atoms with Crippen molar-refractivity contribution in [2.75, 3.05) is 13.1 Å². The zero-order valence-corrected chi connectivity index (χ0v) is 16.2. The molecule has 1 aliphatic rings. The quantitative estimate of drug-likeness (QED) is 0.657. The Labute approximate surface area is 158 Å². The fourth-order valence-electron chi connectivity index (χ4n) is 2.63. The summed E-state index contributed by atoms with van der Waals surface area (Å²) in [7, 11) is -3.83. The molecule has 9 heteroatoms. The summed E-state index contributed by atoms with van der Waals surface area (Å²) in [5.74, 6) is -1.50. The summed E-state index contributed by atoms with van der Waals surface area (Å²) in [6.07, 6.45) is 1.76. The molecular weight excluding hydrogens is 372 g/mol. The van der Waals surface area contributed by atoms with Gasteiger partial charge in [-0.25, -0.2) is 13.1 Å². The van der Waals surface area contributed by atoms with Gasteiger partial charge >= 0.3 is 5.97 Å². The minimum atomic E-state index is -3.83. The van der Waals surface area contributed by atoms with E-state index in [0.29, 0.717) is 12.8 Å². The number of nitrogens with one attached hydrogen (secondary N) is 2.